The highest BCUT2D eigenvalue weighted by Crippen LogP contribution is 2.22. The Morgan fingerprint density at radius 1 is 0.967 bits per heavy atom. The smallest absolute Gasteiger partial charge is 0.253 e. The minimum Gasteiger partial charge on any atom is -0.348 e. The predicted octanol–water partition coefficient (Wildman–Crippen LogP) is 2.29. The largest absolute Gasteiger partial charge is 0.348 e. The van der Waals surface area contributed by atoms with E-state index in [9.17, 15) is 18.0 Å². The SMILES string of the molecule is O=C(NCc1cccc(C(=O)N2CCCC2)c1)c1cccc(S(=O)(=O)NC2CC2)c1. The van der Waals surface area contributed by atoms with Gasteiger partial charge in [0.1, 0.15) is 0 Å². The number of hydrogen-bond donors (Lipinski definition) is 2. The third-order valence-corrected chi connectivity index (χ3v) is 6.84. The Balaban J connectivity index is 1.40. The van der Waals surface area contributed by atoms with Crippen molar-refractivity contribution in [1.82, 2.24) is 14.9 Å². The molecular formula is C22H25N3O4S. The van der Waals surface area contributed by atoms with Gasteiger partial charge >= 0.3 is 0 Å². The van der Waals surface area contributed by atoms with Crippen LogP contribution in [-0.2, 0) is 16.6 Å². The van der Waals surface area contributed by atoms with Gasteiger partial charge in [-0.25, -0.2) is 13.1 Å². The monoisotopic (exact) mass is 427 g/mol. The number of sulfonamides is 1. The van der Waals surface area contributed by atoms with Crippen LogP contribution in [0, 0.1) is 0 Å². The summed E-state index contributed by atoms with van der Waals surface area (Å²) >= 11 is 0. The highest BCUT2D eigenvalue weighted by molar-refractivity contribution is 7.89. The van der Waals surface area contributed by atoms with E-state index in [1.807, 2.05) is 17.0 Å². The number of nitrogens with one attached hydrogen (secondary N) is 2. The molecule has 1 aliphatic carbocycles. The van der Waals surface area contributed by atoms with Crippen molar-refractivity contribution < 1.29 is 18.0 Å². The minimum absolute atomic E-state index is 0.00280. The molecule has 1 saturated carbocycles. The molecule has 30 heavy (non-hydrogen) atoms. The summed E-state index contributed by atoms with van der Waals surface area (Å²) in [4.78, 5) is 27.0. The summed E-state index contributed by atoms with van der Waals surface area (Å²) in [7, 11) is -3.62. The molecule has 0 spiro atoms. The van der Waals surface area contributed by atoms with E-state index in [2.05, 4.69) is 10.0 Å². The van der Waals surface area contributed by atoms with Crippen LogP contribution < -0.4 is 10.0 Å². The van der Waals surface area contributed by atoms with E-state index in [1.165, 1.54) is 12.1 Å². The molecular weight excluding hydrogens is 402 g/mol. The maximum absolute atomic E-state index is 12.6. The quantitative estimate of drug-likeness (QED) is 0.709. The van der Waals surface area contributed by atoms with Gasteiger partial charge in [0.15, 0.2) is 0 Å². The Labute approximate surface area is 176 Å². The van der Waals surface area contributed by atoms with Crippen LogP contribution in [0.4, 0.5) is 0 Å². The van der Waals surface area contributed by atoms with Gasteiger partial charge in [0.25, 0.3) is 11.8 Å². The number of nitrogens with zero attached hydrogens (tertiary/aromatic N) is 1. The van der Waals surface area contributed by atoms with Crippen molar-refractivity contribution in [3.8, 4) is 0 Å². The molecule has 1 aliphatic heterocycles. The van der Waals surface area contributed by atoms with E-state index in [4.69, 9.17) is 0 Å². The number of hydrogen-bond acceptors (Lipinski definition) is 4. The maximum Gasteiger partial charge on any atom is 0.253 e. The normalized spacial score (nSPS) is 16.5. The molecule has 4 rings (SSSR count). The first kappa shape index (κ1) is 20.6. The van der Waals surface area contributed by atoms with Crippen LogP contribution in [0.25, 0.3) is 0 Å². The molecule has 7 nitrogen and oxygen atoms in total. The molecule has 2 aliphatic rings. The lowest BCUT2D eigenvalue weighted by Crippen LogP contribution is -2.28. The third-order valence-electron chi connectivity index (χ3n) is 5.33. The van der Waals surface area contributed by atoms with Crippen LogP contribution in [0.2, 0.25) is 0 Å². The zero-order valence-corrected chi connectivity index (χ0v) is 17.5. The average Bonchev–Trinajstić information content (AvgIpc) is 3.38. The van der Waals surface area contributed by atoms with Crippen molar-refractivity contribution in [2.24, 2.45) is 0 Å². The maximum atomic E-state index is 12.6. The molecule has 0 atom stereocenters. The number of rotatable bonds is 7. The Bertz CT molecular complexity index is 1060. The van der Waals surface area contributed by atoms with E-state index in [1.54, 1.807) is 24.3 Å². The Morgan fingerprint density at radius 3 is 2.40 bits per heavy atom. The summed E-state index contributed by atoms with van der Waals surface area (Å²) in [5, 5.41) is 2.80. The van der Waals surface area contributed by atoms with Crippen molar-refractivity contribution >= 4 is 21.8 Å². The highest BCUT2D eigenvalue weighted by atomic mass is 32.2. The molecule has 8 heteroatoms. The topological polar surface area (TPSA) is 95.6 Å². The first-order valence-corrected chi connectivity index (χ1v) is 11.7. The molecule has 0 radical (unpaired) electrons. The summed E-state index contributed by atoms with van der Waals surface area (Å²) in [5.41, 5.74) is 1.70. The third kappa shape index (κ3) is 4.88. The Morgan fingerprint density at radius 2 is 1.67 bits per heavy atom. The molecule has 0 aromatic heterocycles. The number of carbonyl (C=O) groups is 2. The fraction of sp³-hybridized carbons (Fsp3) is 0.364. The van der Waals surface area contributed by atoms with Gasteiger partial charge in [-0.15, -0.1) is 0 Å². The lowest BCUT2D eigenvalue weighted by Gasteiger charge is -2.15. The standard InChI is InChI=1S/C22H25N3O4S/c26-21(17-6-4-8-20(14-17)30(28,29)24-19-9-10-19)23-15-16-5-3-7-18(13-16)22(27)25-11-1-2-12-25/h3-8,13-14,19,24H,1-2,9-12,15H2,(H,23,26). The molecule has 1 saturated heterocycles. The molecule has 0 bridgehead atoms. The summed E-state index contributed by atoms with van der Waals surface area (Å²) in [6, 6.07) is 13.2. The van der Waals surface area contributed by atoms with Gasteiger partial charge in [-0.2, -0.15) is 0 Å². The van der Waals surface area contributed by atoms with E-state index in [0.29, 0.717) is 5.56 Å². The van der Waals surface area contributed by atoms with Crippen LogP contribution >= 0.6 is 0 Å². The molecule has 0 unspecified atom stereocenters. The number of benzene rings is 2. The second kappa shape index (κ2) is 8.57. The number of likely N-dealkylation sites (tertiary alicyclic amines) is 1. The van der Waals surface area contributed by atoms with Crippen LogP contribution in [0.3, 0.4) is 0 Å². The van der Waals surface area contributed by atoms with Crippen LogP contribution in [0.1, 0.15) is 52.0 Å². The van der Waals surface area contributed by atoms with E-state index < -0.39 is 10.0 Å². The van der Waals surface area contributed by atoms with Gasteiger partial charge < -0.3 is 10.2 Å². The van der Waals surface area contributed by atoms with E-state index in [0.717, 1.165) is 44.3 Å². The van der Waals surface area contributed by atoms with Crippen LogP contribution in [0.5, 0.6) is 0 Å². The molecule has 2 aromatic carbocycles. The minimum atomic E-state index is -3.62. The Hall–Kier alpha value is -2.71. The Kier molecular flexibility index (Phi) is 5.87. The summed E-state index contributed by atoms with van der Waals surface area (Å²) in [6.07, 6.45) is 3.76. The van der Waals surface area contributed by atoms with Crippen molar-refractivity contribution in [3.05, 3.63) is 65.2 Å². The molecule has 1 heterocycles. The van der Waals surface area contributed by atoms with Gasteiger partial charge in [0.05, 0.1) is 4.90 Å². The van der Waals surface area contributed by atoms with Gasteiger partial charge in [0.2, 0.25) is 10.0 Å². The number of amides is 2. The lowest BCUT2D eigenvalue weighted by atomic mass is 10.1. The van der Waals surface area contributed by atoms with Gasteiger partial charge in [0, 0.05) is 36.8 Å². The fourth-order valence-corrected chi connectivity index (χ4v) is 4.85. The second-order valence-electron chi connectivity index (χ2n) is 7.81. The van der Waals surface area contributed by atoms with Crippen molar-refractivity contribution in [1.29, 1.82) is 0 Å². The predicted molar refractivity (Wildman–Crippen MR) is 113 cm³/mol. The van der Waals surface area contributed by atoms with Crippen LogP contribution in [0.15, 0.2) is 53.4 Å². The van der Waals surface area contributed by atoms with Crippen molar-refractivity contribution in [2.45, 2.75) is 43.2 Å². The zero-order chi connectivity index (χ0) is 21.1. The van der Waals surface area contributed by atoms with E-state index in [-0.39, 0.29) is 34.9 Å². The van der Waals surface area contributed by atoms with Gasteiger partial charge in [-0.3, -0.25) is 9.59 Å². The molecule has 2 fully saturated rings. The van der Waals surface area contributed by atoms with Crippen LogP contribution in [-0.4, -0.2) is 44.3 Å². The first-order chi connectivity index (χ1) is 14.4. The van der Waals surface area contributed by atoms with Crippen molar-refractivity contribution in [2.75, 3.05) is 13.1 Å². The molecule has 158 valence electrons. The molecule has 2 N–H and O–H groups in total. The summed E-state index contributed by atoms with van der Waals surface area (Å²) in [5.74, 6) is -0.350. The molecule has 2 amide bonds. The van der Waals surface area contributed by atoms with Gasteiger partial charge in [-0.05, 0) is 61.6 Å². The highest BCUT2D eigenvalue weighted by Gasteiger charge is 2.28. The second-order valence-corrected chi connectivity index (χ2v) is 9.52. The number of carbonyl (C=O) groups excluding carboxylic acids is 2. The molecule has 2 aromatic rings. The van der Waals surface area contributed by atoms with Gasteiger partial charge in [-0.1, -0.05) is 18.2 Å². The van der Waals surface area contributed by atoms with E-state index >= 15 is 0 Å². The lowest BCUT2D eigenvalue weighted by molar-refractivity contribution is 0.0792. The summed E-state index contributed by atoms with van der Waals surface area (Å²) < 4.78 is 27.4. The summed E-state index contributed by atoms with van der Waals surface area (Å²) in [6.45, 7) is 1.82. The zero-order valence-electron chi connectivity index (χ0n) is 16.6. The first-order valence-electron chi connectivity index (χ1n) is 10.2. The fourth-order valence-electron chi connectivity index (χ4n) is 3.49. The van der Waals surface area contributed by atoms with Crippen molar-refractivity contribution in [3.63, 3.8) is 0 Å². The average molecular weight is 428 g/mol.